The molecule has 0 aromatic heterocycles. The Morgan fingerprint density at radius 3 is 2.50 bits per heavy atom. The van der Waals surface area contributed by atoms with Crippen molar-refractivity contribution in [3.8, 4) is 0 Å². The molecule has 0 amide bonds. The molecular weight excluding hydrogens is 192 g/mol. The molecule has 1 atom stereocenters. The van der Waals surface area contributed by atoms with Crippen LogP contribution in [0.15, 0.2) is 12.3 Å². The Hall–Kier alpha value is 0.528. The van der Waals surface area contributed by atoms with Gasteiger partial charge in [0.2, 0.25) is 0 Å². The number of rotatable bonds is 5. The largest absolute Gasteiger partial charge is 0.463 e. The van der Waals surface area contributed by atoms with E-state index in [4.69, 9.17) is 8.23 Å². The Balaban J connectivity index is 3.34. The molecule has 0 spiro atoms. The molecular formula is C4H16O2Si4. The molecule has 0 rings (SSSR count). The molecule has 0 heterocycles. The molecule has 0 aliphatic heterocycles. The standard InChI is InChI=1S/C4H16O2Si4/c1-4-10(5-7)8-6-9(2)3/h4,9-10H,1,8H2,2-3,7H3. The number of hydrogen-bond acceptors (Lipinski definition) is 2. The highest BCUT2D eigenvalue weighted by molar-refractivity contribution is 7.11. The molecule has 60 valence electrons. The minimum Gasteiger partial charge on any atom is -0.463 e. The fraction of sp³-hybridized carbons (Fsp3) is 0.500. The molecule has 0 saturated heterocycles. The lowest BCUT2D eigenvalue weighted by Gasteiger charge is -2.10. The molecule has 10 heavy (non-hydrogen) atoms. The zero-order valence-electron chi connectivity index (χ0n) is 6.96. The Morgan fingerprint density at radius 1 is 1.60 bits per heavy atom. The molecule has 0 fully saturated rings. The van der Waals surface area contributed by atoms with E-state index in [0.717, 1.165) is 10.5 Å². The average molecular weight is 209 g/mol. The summed E-state index contributed by atoms with van der Waals surface area (Å²) >= 11 is 0. The van der Waals surface area contributed by atoms with Crippen LogP contribution in [-0.2, 0) is 8.23 Å². The topological polar surface area (TPSA) is 18.5 Å². The van der Waals surface area contributed by atoms with Crippen LogP contribution >= 0.6 is 0 Å². The van der Waals surface area contributed by atoms with E-state index >= 15 is 0 Å². The second-order valence-corrected chi connectivity index (χ2v) is 13.0. The average Bonchev–Trinajstić information content (AvgIpc) is 1.90. The Bertz CT molecular complexity index is 97.3. The fourth-order valence-electron chi connectivity index (χ4n) is 0.520. The van der Waals surface area contributed by atoms with Crippen molar-refractivity contribution in [2.24, 2.45) is 0 Å². The zero-order chi connectivity index (χ0) is 7.98. The smallest absolute Gasteiger partial charge is 0.197 e. The summed E-state index contributed by atoms with van der Waals surface area (Å²) in [6.45, 7) is 8.14. The summed E-state index contributed by atoms with van der Waals surface area (Å²) in [5.41, 5.74) is 2.00. The van der Waals surface area contributed by atoms with Crippen LogP contribution in [0.25, 0.3) is 0 Å². The molecule has 6 heteroatoms. The maximum Gasteiger partial charge on any atom is 0.197 e. The van der Waals surface area contributed by atoms with Crippen molar-refractivity contribution >= 4 is 37.4 Å². The van der Waals surface area contributed by atoms with E-state index in [0.29, 0.717) is 0 Å². The van der Waals surface area contributed by atoms with Gasteiger partial charge in [-0.05, 0) is 13.1 Å². The third-order valence-corrected chi connectivity index (χ3v) is 14.6. The van der Waals surface area contributed by atoms with Gasteiger partial charge in [0.1, 0.15) is 10.5 Å². The molecule has 0 radical (unpaired) electrons. The van der Waals surface area contributed by atoms with Crippen LogP contribution in [0.2, 0.25) is 13.1 Å². The van der Waals surface area contributed by atoms with Crippen LogP contribution in [0, 0.1) is 0 Å². The van der Waals surface area contributed by atoms with E-state index < -0.39 is 17.6 Å². The maximum atomic E-state index is 5.65. The van der Waals surface area contributed by atoms with E-state index in [2.05, 4.69) is 19.7 Å². The van der Waals surface area contributed by atoms with Gasteiger partial charge < -0.3 is 8.23 Å². The molecule has 2 nitrogen and oxygen atoms in total. The minimum atomic E-state index is -0.971. The third-order valence-electron chi connectivity index (χ3n) is 1.16. The number of hydrogen-bond donors (Lipinski definition) is 0. The second kappa shape index (κ2) is 6.25. The van der Waals surface area contributed by atoms with Gasteiger partial charge in [-0.25, -0.2) is 0 Å². The predicted molar refractivity (Wildman–Crippen MR) is 56.9 cm³/mol. The summed E-state index contributed by atoms with van der Waals surface area (Å²) in [5, 5.41) is 0. The molecule has 0 bridgehead atoms. The van der Waals surface area contributed by atoms with Gasteiger partial charge in [-0.15, -0.1) is 6.58 Å². The fourth-order valence-corrected chi connectivity index (χ4v) is 11.1. The summed E-state index contributed by atoms with van der Waals surface area (Å²) in [5.74, 6) is 0. The Morgan fingerprint density at radius 2 is 2.20 bits per heavy atom. The minimum absolute atomic E-state index is 0.327. The van der Waals surface area contributed by atoms with Crippen molar-refractivity contribution in [3.63, 3.8) is 0 Å². The SMILES string of the molecule is C=C[SiH](O[SiH3])[SiH2]O[SiH](C)C. The first-order valence-electron chi connectivity index (χ1n) is 3.47. The van der Waals surface area contributed by atoms with Crippen LogP contribution in [0.3, 0.4) is 0 Å². The van der Waals surface area contributed by atoms with Crippen molar-refractivity contribution in [1.29, 1.82) is 0 Å². The van der Waals surface area contributed by atoms with Gasteiger partial charge in [-0.3, -0.25) is 0 Å². The highest BCUT2D eigenvalue weighted by atomic mass is 29.2. The molecule has 0 aliphatic carbocycles. The van der Waals surface area contributed by atoms with E-state index in [1.165, 1.54) is 0 Å². The van der Waals surface area contributed by atoms with Crippen LogP contribution in [0.4, 0.5) is 0 Å². The molecule has 0 saturated carbocycles. The van der Waals surface area contributed by atoms with Crippen molar-refractivity contribution in [2.45, 2.75) is 13.1 Å². The summed E-state index contributed by atoms with van der Waals surface area (Å²) < 4.78 is 11.0. The van der Waals surface area contributed by atoms with Gasteiger partial charge in [-0.1, -0.05) is 5.70 Å². The molecule has 0 aliphatic rings. The summed E-state index contributed by atoms with van der Waals surface area (Å²) in [6.07, 6.45) is 0. The summed E-state index contributed by atoms with van der Waals surface area (Å²) in [4.78, 5) is 0. The quantitative estimate of drug-likeness (QED) is 0.502. The van der Waals surface area contributed by atoms with Crippen LogP contribution in [0.5, 0.6) is 0 Å². The first-order valence-corrected chi connectivity index (χ1v) is 12.1. The van der Waals surface area contributed by atoms with Gasteiger partial charge in [-0.2, -0.15) is 0 Å². The lowest BCUT2D eigenvalue weighted by atomic mass is 11.3. The van der Waals surface area contributed by atoms with Crippen LogP contribution in [-0.4, -0.2) is 37.4 Å². The third kappa shape index (κ3) is 5.32. The van der Waals surface area contributed by atoms with Gasteiger partial charge >= 0.3 is 0 Å². The van der Waals surface area contributed by atoms with Gasteiger partial charge in [0.15, 0.2) is 26.9 Å². The van der Waals surface area contributed by atoms with E-state index in [-0.39, 0.29) is 9.28 Å². The highest BCUT2D eigenvalue weighted by Gasteiger charge is 2.06. The normalized spacial score (nSPS) is 15.1. The van der Waals surface area contributed by atoms with Crippen molar-refractivity contribution in [1.82, 2.24) is 0 Å². The van der Waals surface area contributed by atoms with Gasteiger partial charge in [0.05, 0.1) is 0 Å². The maximum absolute atomic E-state index is 5.65. The zero-order valence-corrected chi connectivity index (χ0v) is 12.7. The molecule has 0 aromatic carbocycles. The first kappa shape index (κ1) is 10.5. The van der Waals surface area contributed by atoms with Crippen molar-refractivity contribution < 1.29 is 8.23 Å². The second-order valence-electron chi connectivity index (χ2n) is 2.39. The van der Waals surface area contributed by atoms with E-state index in [1.807, 2.05) is 5.70 Å². The van der Waals surface area contributed by atoms with Crippen LogP contribution in [0.1, 0.15) is 0 Å². The van der Waals surface area contributed by atoms with Gasteiger partial charge in [0.25, 0.3) is 0 Å². The Labute approximate surface area is 71.4 Å². The lowest BCUT2D eigenvalue weighted by Crippen LogP contribution is -2.29. The molecule has 0 N–H and O–H groups in total. The van der Waals surface area contributed by atoms with Crippen molar-refractivity contribution in [2.75, 3.05) is 0 Å². The lowest BCUT2D eigenvalue weighted by molar-refractivity contribution is 0.613. The highest BCUT2D eigenvalue weighted by Crippen LogP contribution is 1.86. The first-order chi connectivity index (χ1) is 4.70. The Kier molecular flexibility index (Phi) is 6.58. The van der Waals surface area contributed by atoms with Crippen LogP contribution < -0.4 is 0 Å². The molecule has 0 aromatic rings. The van der Waals surface area contributed by atoms with E-state index in [9.17, 15) is 0 Å². The predicted octanol–water partition coefficient (Wildman–Crippen LogP) is -1.69. The summed E-state index contributed by atoms with van der Waals surface area (Å²) in [7, 11) is -1.22. The summed E-state index contributed by atoms with van der Waals surface area (Å²) in [6, 6.07) is 0. The monoisotopic (exact) mass is 208 g/mol. The van der Waals surface area contributed by atoms with Gasteiger partial charge in [0, 0.05) is 0 Å². The van der Waals surface area contributed by atoms with Crippen molar-refractivity contribution in [3.05, 3.63) is 12.3 Å². The van der Waals surface area contributed by atoms with E-state index in [1.54, 1.807) is 0 Å². The molecule has 1 unspecified atom stereocenters.